The van der Waals surface area contributed by atoms with Gasteiger partial charge in [0, 0.05) is 50.9 Å². The number of hydrogen-bond donors (Lipinski definition) is 1. The molecule has 0 bridgehead atoms. The molecule has 1 aliphatic heterocycles. The van der Waals surface area contributed by atoms with Crippen LogP contribution >= 0.6 is 0 Å². The van der Waals surface area contributed by atoms with Crippen molar-refractivity contribution in [3.05, 3.63) is 29.6 Å². The summed E-state index contributed by atoms with van der Waals surface area (Å²) in [6, 6.07) is 0. The maximum Gasteiger partial charge on any atom is 0.246 e. The zero-order valence-corrected chi connectivity index (χ0v) is 15.0. The van der Waals surface area contributed by atoms with Crippen LogP contribution in [0.2, 0.25) is 0 Å². The van der Waals surface area contributed by atoms with Gasteiger partial charge >= 0.3 is 0 Å². The van der Waals surface area contributed by atoms with Crippen LogP contribution < -0.4 is 0 Å². The van der Waals surface area contributed by atoms with Crippen LogP contribution in [0.1, 0.15) is 51.0 Å². The summed E-state index contributed by atoms with van der Waals surface area (Å²) in [4.78, 5) is 14.6. The van der Waals surface area contributed by atoms with Crippen molar-refractivity contribution < 1.29 is 9.90 Å². The largest absolute Gasteiger partial charge is 0.396 e. The normalized spacial score (nSPS) is 26.7. The molecule has 24 heavy (non-hydrogen) atoms. The molecule has 0 spiro atoms. The lowest BCUT2D eigenvalue weighted by atomic mass is 9.75. The fraction of sp³-hybridized carbons (Fsp3) is 0.684. The first-order valence-corrected chi connectivity index (χ1v) is 8.96. The maximum atomic E-state index is 12.7. The van der Waals surface area contributed by atoms with E-state index in [1.54, 1.807) is 4.68 Å². The SMILES string of the molecule is Cn1cc([C@@H]2CN(C(=O)C=C3CCC(C)(C)CC3)C[C@H]2CO)cn1. The van der Waals surface area contributed by atoms with Crippen LogP contribution in [0.15, 0.2) is 24.0 Å². The number of nitrogens with zero attached hydrogens (tertiary/aromatic N) is 3. The van der Waals surface area contributed by atoms with Gasteiger partial charge in [-0.2, -0.15) is 5.10 Å². The van der Waals surface area contributed by atoms with Crippen molar-refractivity contribution in [2.75, 3.05) is 19.7 Å². The number of allylic oxidation sites excluding steroid dienone is 1. The minimum absolute atomic E-state index is 0.0989. The van der Waals surface area contributed by atoms with Crippen LogP contribution in [0, 0.1) is 11.3 Å². The highest BCUT2D eigenvalue weighted by molar-refractivity contribution is 5.88. The highest BCUT2D eigenvalue weighted by Gasteiger charge is 2.36. The molecular formula is C19H29N3O2. The molecule has 1 aromatic rings. The first kappa shape index (κ1) is 17.2. The highest BCUT2D eigenvalue weighted by atomic mass is 16.3. The van der Waals surface area contributed by atoms with Gasteiger partial charge in [-0.1, -0.05) is 19.4 Å². The summed E-state index contributed by atoms with van der Waals surface area (Å²) < 4.78 is 1.78. The lowest BCUT2D eigenvalue weighted by Gasteiger charge is -2.30. The van der Waals surface area contributed by atoms with Crippen LogP contribution in [-0.4, -0.2) is 45.4 Å². The van der Waals surface area contributed by atoms with Crippen molar-refractivity contribution >= 4 is 5.91 Å². The summed E-state index contributed by atoms with van der Waals surface area (Å²) in [6.07, 6.45) is 10.1. The number of carbonyl (C=O) groups is 1. The number of aryl methyl sites for hydroxylation is 1. The fourth-order valence-electron chi connectivity index (χ4n) is 3.90. The summed E-state index contributed by atoms with van der Waals surface area (Å²) >= 11 is 0. The Morgan fingerprint density at radius 1 is 1.38 bits per heavy atom. The van der Waals surface area contributed by atoms with E-state index in [0.717, 1.165) is 31.2 Å². The Morgan fingerprint density at radius 2 is 2.08 bits per heavy atom. The second-order valence-electron chi connectivity index (χ2n) is 8.21. The molecule has 1 saturated heterocycles. The minimum atomic E-state index is 0.0989. The van der Waals surface area contributed by atoms with Crippen LogP contribution in [0.3, 0.4) is 0 Å². The van der Waals surface area contributed by atoms with E-state index in [1.807, 2.05) is 30.4 Å². The fourth-order valence-corrected chi connectivity index (χ4v) is 3.90. The van der Waals surface area contributed by atoms with E-state index in [1.165, 1.54) is 5.57 Å². The third kappa shape index (κ3) is 3.72. The third-order valence-electron chi connectivity index (χ3n) is 5.71. The first-order chi connectivity index (χ1) is 11.4. The molecule has 0 unspecified atom stereocenters. The molecule has 0 aromatic carbocycles. The van der Waals surface area contributed by atoms with Gasteiger partial charge in [0.15, 0.2) is 0 Å². The number of aromatic nitrogens is 2. The molecule has 1 aromatic heterocycles. The summed E-state index contributed by atoms with van der Waals surface area (Å²) in [5.74, 6) is 0.382. The average Bonchev–Trinajstić information content (AvgIpc) is 3.15. The monoisotopic (exact) mass is 331 g/mol. The molecule has 2 atom stereocenters. The molecule has 3 rings (SSSR count). The Labute approximate surface area is 144 Å². The summed E-state index contributed by atoms with van der Waals surface area (Å²) in [6.45, 7) is 6.01. The van der Waals surface area contributed by atoms with Gasteiger partial charge in [0.2, 0.25) is 5.91 Å². The lowest BCUT2D eigenvalue weighted by molar-refractivity contribution is -0.125. The molecule has 132 valence electrons. The van der Waals surface area contributed by atoms with Crippen molar-refractivity contribution in [3.8, 4) is 0 Å². The van der Waals surface area contributed by atoms with Gasteiger partial charge in [-0.15, -0.1) is 0 Å². The van der Waals surface area contributed by atoms with Crippen molar-refractivity contribution in [2.45, 2.75) is 45.4 Å². The zero-order chi connectivity index (χ0) is 17.3. The molecule has 2 aliphatic rings. The van der Waals surface area contributed by atoms with Crippen molar-refractivity contribution in [1.29, 1.82) is 0 Å². The number of rotatable bonds is 3. The Bertz CT molecular complexity index is 620. The van der Waals surface area contributed by atoms with E-state index < -0.39 is 0 Å². The third-order valence-corrected chi connectivity index (χ3v) is 5.71. The molecular weight excluding hydrogens is 302 g/mol. The van der Waals surface area contributed by atoms with Gasteiger partial charge in [-0.25, -0.2) is 0 Å². The number of likely N-dealkylation sites (tertiary alicyclic amines) is 1. The van der Waals surface area contributed by atoms with E-state index in [-0.39, 0.29) is 24.3 Å². The van der Waals surface area contributed by atoms with Gasteiger partial charge in [-0.3, -0.25) is 9.48 Å². The predicted octanol–water partition coefficient (Wildman–Crippen LogP) is 2.48. The highest BCUT2D eigenvalue weighted by Crippen LogP contribution is 2.38. The standard InChI is InChI=1S/C19H29N3O2/c1-19(2)6-4-14(5-7-19)8-18(24)22-11-16(13-23)17(12-22)15-9-20-21(3)10-15/h8-10,16-17,23H,4-7,11-13H2,1-3H3/t16-,17-/m0/s1. The number of aliphatic hydroxyl groups is 1. The molecule has 2 fully saturated rings. The van der Waals surface area contributed by atoms with Gasteiger partial charge in [0.1, 0.15) is 0 Å². The second kappa shape index (κ2) is 6.71. The van der Waals surface area contributed by atoms with Gasteiger partial charge in [0.25, 0.3) is 0 Å². The minimum Gasteiger partial charge on any atom is -0.396 e. The Balaban J connectivity index is 1.66. The van der Waals surface area contributed by atoms with Crippen LogP contribution in [0.25, 0.3) is 0 Å². The maximum absolute atomic E-state index is 12.7. The lowest BCUT2D eigenvalue weighted by Crippen LogP contribution is -2.28. The number of hydrogen-bond acceptors (Lipinski definition) is 3. The molecule has 2 heterocycles. The Kier molecular flexibility index (Phi) is 4.81. The van der Waals surface area contributed by atoms with Crippen molar-refractivity contribution in [2.24, 2.45) is 18.4 Å². The molecule has 0 radical (unpaired) electrons. The van der Waals surface area contributed by atoms with E-state index in [0.29, 0.717) is 18.5 Å². The van der Waals surface area contributed by atoms with E-state index in [9.17, 15) is 9.90 Å². The van der Waals surface area contributed by atoms with Crippen molar-refractivity contribution in [1.82, 2.24) is 14.7 Å². The van der Waals surface area contributed by atoms with Gasteiger partial charge < -0.3 is 10.0 Å². The topological polar surface area (TPSA) is 58.4 Å². The van der Waals surface area contributed by atoms with Gasteiger partial charge in [0.05, 0.1) is 6.20 Å². The molecule has 1 aliphatic carbocycles. The predicted molar refractivity (Wildman–Crippen MR) is 93.4 cm³/mol. The Hall–Kier alpha value is -1.62. The number of aliphatic hydroxyl groups excluding tert-OH is 1. The first-order valence-electron chi connectivity index (χ1n) is 8.96. The van der Waals surface area contributed by atoms with Crippen LogP contribution in [0.5, 0.6) is 0 Å². The zero-order valence-electron chi connectivity index (χ0n) is 15.0. The van der Waals surface area contributed by atoms with E-state index >= 15 is 0 Å². The summed E-state index contributed by atoms with van der Waals surface area (Å²) in [5.41, 5.74) is 2.80. The van der Waals surface area contributed by atoms with Gasteiger partial charge in [-0.05, 0) is 36.7 Å². The quantitative estimate of drug-likeness (QED) is 0.866. The smallest absolute Gasteiger partial charge is 0.246 e. The van der Waals surface area contributed by atoms with Crippen molar-refractivity contribution in [3.63, 3.8) is 0 Å². The number of carbonyl (C=O) groups excluding carboxylic acids is 1. The summed E-state index contributed by atoms with van der Waals surface area (Å²) in [5, 5.41) is 13.9. The Morgan fingerprint density at radius 3 is 2.67 bits per heavy atom. The van der Waals surface area contributed by atoms with Crippen LogP contribution in [0.4, 0.5) is 0 Å². The second-order valence-corrected chi connectivity index (χ2v) is 8.21. The summed E-state index contributed by atoms with van der Waals surface area (Å²) in [7, 11) is 1.89. The van der Waals surface area contributed by atoms with E-state index in [4.69, 9.17) is 0 Å². The van der Waals surface area contributed by atoms with E-state index in [2.05, 4.69) is 18.9 Å². The molecule has 1 saturated carbocycles. The molecule has 1 amide bonds. The molecule has 5 heteroatoms. The number of amides is 1. The molecule has 5 nitrogen and oxygen atoms in total. The average molecular weight is 331 g/mol. The molecule has 1 N–H and O–H groups in total. The van der Waals surface area contributed by atoms with Crippen LogP contribution in [-0.2, 0) is 11.8 Å².